The molecule has 0 spiro atoms. The fourth-order valence-electron chi connectivity index (χ4n) is 2.36. The molecule has 0 amide bonds. The number of nitrogens with zero attached hydrogens (tertiary/aromatic N) is 1. The van der Waals surface area contributed by atoms with E-state index in [0.29, 0.717) is 19.8 Å². The van der Waals surface area contributed by atoms with Crippen LogP contribution in [0.1, 0.15) is 11.1 Å². The van der Waals surface area contributed by atoms with Crippen LogP contribution in [0.15, 0.2) is 18.2 Å². The number of ether oxygens (including phenoxy) is 1. The van der Waals surface area contributed by atoms with Gasteiger partial charge in [-0.25, -0.2) is 0 Å². The number of morpholine rings is 1. The monoisotopic (exact) mass is 249 g/mol. The number of hydrogen-bond donors (Lipinski definition) is 3. The lowest BCUT2D eigenvalue weighted by Gasteiger charge is -2.38. The molecule has 1 unspecified atom stereocenters. The third kappa shape index (κ3) is 2.32. The van der Waals surface area contributed by atoms with Gasteiger partial charge in [0.1, 0.15) is 5.84 Å². The molecule has 1 aromatic rings. The second-order valence-corrected chi connectivity index (χ2v) is 4.49. The van der Waals surface area contributed by atoms with Crippen LogP contribution in [0.25, 0.3) is 0 Å². The number of nitrogens with one attached hydrogen (secondary N) is 1. The molecule has 18 heavy (non-hydrogen) atoms. The summed E-state index contributed by atoms with van der Waals surface area (Å²) in [6.45, 7) is 3.86. The van der Waals surface area contributed by atoms with Crippen molar-refractivity contribution in [1.29, 1.82) is 5.41 Å². The zero-order valence-corrected chi connectivity index (χ0v) is 10.5. The topological polar surface area (TPSA) is 82.6 Å². The molecule has 0 bridgehead atoms. The Morgan fingerprint density at radius 1 is 1.61 bits per heavy atom. The molecule has 0 aliphatic carbocycles. The van der Waals surface area contributed by atoms with Gasteiger partial charge in [0.25, 0.3) is 0 Å². The van der Waals surface area contributed by atoms with Crippen molar-refractivity contribution >= 4 is 11.5 Å². The van der Waals surface area contributed by atoms with Gasteiger partial charge >= 0.3 is 0 Å². The highest BCUT2D eigenvalue weighted by atomic mass is 16.5. The maximum atomic E-state index is 9.44. The standard InChI is InChI=1S/C13H19N3O2/c1-9-3-2-4-11(13(14)15)12(9)16-5-6-18-8-10(16)7-17/h2-4,10,17H,5-8H2,1H3,(H3,14,15). The van der Waals surface area contributed by atoms with Crippen molar-refractivity contribution in [2.75, 3.05) is 31.3 Å². The number of rotatable bonds is 3. The molecule has 5 heteroatoms. The largest absolute Gasteiger partial charge is 0.394 e. The average Bonchev–Trinajstić information content (AvgIpc) is 2.38. The Morgan fingerprint density at radius 3 is 3.06 bits per heavy atom. The molecular formula is C13H19N3O2. The van der Waals surface area contributed by atoms with E-state index in [-0.39, 0.29) is 18.5 Å². The van der Waals surface area contributed by atoms with Gasteiger partial charge in [-0.1, -0.05) is 12.1 Å². The molecule has 0 aromatic heterocycles. The molecule has 4 N–H and O–H groups in total. The molecule has 2 rings (SSSR count). The molecule has 1 heterocycles. The molecule has 1 saturated heterocycles. The number of aliphatic hydroxyl groups is 1. The van der Waals surface area contributed by atoms with Gasteiger partial charge in [-0.2, -0.15) is 0 Å². The Labute approximate surface area is 107 Å². The summed E-state index contributed by atoms with van der Waals surface area (Å²) in [6.07, 6.45) is 0. The number of amidine groups is 1. The van der Waals surface area contributed by atoms with E-state index in [1.54, 1.807) is 0 Å². The highest BCUT2D eigenvalue weighted by Crippen LogP contribution is 2.28. The van der Waals surface area contributed by atoms with E-state index < -0.39 is 0 Å². The van der Waals surface area contributed by atoms with Crippen LogP contribution in [0.3, 0.4) is 0 Å². The normalized spacial score (nSPS) is 19.9. The number of nitrogen functional groups attached to an aromatic ring is 1. The van der Waals surface area contributed by atoms with Crippen molar-refractivity contribution in [2.45, 2.75) is 13.0 Å². The van der Waals surface area contributed by atoms with E-state index in [9.17, 15) is 5.11 Å². The third-order valence-electron chi connectivity index (χ3n) is 3.25. The number of hydrogen-bond acceptors (Lipinski definition) is 4. The minimum atomic E-state index is -0.0713. The summed E-state index contributed by atoms with van der Waals surface area (Å²) in [7, 11) is 0. The number of para-hydroxylation sites is 1. The first-order valence-corrected chi connectivity index (χ1v) is 6.04. The maximum absolute atomic E-state index is 9.44. The highest BCUT2D eigenvalue weighted by Gasteiger charge is 2.26. The van der Waals surface area contributed by atoms with Crippen molar-refractivity contribution in [2.24, 2.45) is 5.73 Å². The molecule has 98 valence electrons. The van der Waals surface area contributed by atoms with Gasteiger partial charge < -0.3 is 20.5 Å². The summed E-state index contributed by atoms with van der Waals surface area (Å²) in [5.41, 5.74) is 8.35. The molecule has 1 aromatic carbocycles. The van der Waals surface area contributed by atoms with Crippen molar-refractivity contribution in [1.82, 2.24) is 0 Å². The van der Waals surface area contributed by atoms with Crippen molar-refractivity contribution in [3.63, 3.8) is 0 Å². The lowest BCUT2D eigenvalue weighted by atomic mass is 10.0. The predicted molar refractivity (Wildman–Crippen MR) is 71.2 cm³/mol. The van der Waals surface area contributed by atoms with Gasteiger partial charge in [0.15, 0.2) is 0 Å². The fourth-order valence-corrected chi connectivity index (χ4v) is 2.36. The summed E-state index contributed by atoms with van der Waals surface area (Å²) < 4.78 is 5.38. The van der Waals surface area contributed by atoms with Crippen LogP contribution in [0, 0.1) is 12.3 Å². The molecule has 1 aliphatic heterocycles. The van der Waals surface area contributed by atoms with Crippen LogP contribution in [0.4, 0.5) is 5.69 Å². The Bertz CT molecular complexity index is 448. The van der Waals surface area contributed by atoms with Gasteiger partial charge in [-0.15, -0.1) is 0 Å². The quantitative estimate of drug-likeness (QED) is 0.537. The SMILES string of the molecule is Cc1cccc(C(=N)N)c1N1CCOCC1CO. The van der Waals surface area contributed by atoms with Crippen LogP contribution in [0.2, 0.25) is 0 Å². The number of benzene rings is 1. The third-order valence-corrected chi connectivity index (χ3v) is 3.25. The highest BCUT2D eigenvalue weighted by molar-refractivity contribution is 6.01. The number of aryl methyl sites for hydroxylation is 1. The maximum Gasteiger partial charge on any atom is 0.124 e. The molecular weight excluding hydrogens is 230 g/mol. The molecule has 5 nitrogen and oxygen atoms in total. The smallest absolute Gasteiger partial charge is 0.124 e. The van der Waals surface area contributed by atoms with Crippen LogP contribution >= 0.6 is 0 Å². The Kier molecular flexibility index (Phi) is 3.84. The minimum absolute atomic E-state index is 0.0334. The van der Waals surface area contributed by atoms with Crippen LogP contribution < -0.4 is 10.6 Å². The van der Waals surface area contributed by atoms with E-state index in [1.165, 1.54) is 0 Å². The number of anilines is 1. The average molecular weight is 249 g/mol. The molecule has 1 atom stereocenters. The first-order chi connectivity index (χ1) is 8.65. The number of aliphatic hydroxyl groups excluding tert-OH is 1. The summed E-state index contributed by atoms with van der Waals surface area (Å²) in [5, 5.41) is 17.1. The summed E-state index contributed by atoms with van der Waals surface area (Å²) in [6, 6.07) is 5.66. The molecule has 1 fully saturated rings. The van der Waals surface area contributed by atoms with E-state index in [2.05, 4.69) is 4.90 Å². The van der Waals surface area contributed by atoms with Gasteiger partial charge in [0.2, 0.25) is 0 Å². The minimum Gasteiger partial charge on any atom is -0.394 e. The lowest BCUT2D eigenvalue weighted by Crippen LogP contribution is -2.48. The predicted octanol–water partition coefficient (Wildman–Crippen LogP) is 0.477. The fraction of sp³-hybridized carbons (Fsp3) is 0.462. The van der Waals surface area contributed by atoms with Crippen LogP contribution in [0.5, 0.6) is 0 Å². The first-order valence-electron chi connectivity index (χ1n) is 6.04. The Balaban J connectivity index is 2.44. The Hall–Kier alpha value is -1.59. The zero-order valence-electron chi connectivity index (χ0n) is 10.5. The van der Waals surface area contributed by atoms with Crippen molar-refractivity contribution in [3.05, 3.63) is 29.3 Å². The van der Waals surface area contributed by atoms with Gasteiger partial charge in [0, 0.05) is 12.1 Å². The van der Waals surface area contributed by atoms with Gasteiger partial charge in [0.05, 0.1) is 31.5 Å². The molecule has 0 saturated carbocycles. The number of nitrogens with two attached hydrogens (primary N) is 1. The van der Waals surface area contributed by atoms with Gasteiger partial charge in [-0.3, -0.25) is 5.41 Å². The Morgan fingerprint density at radius 2 is 2.39 bits per heavy atom. The van der Waals surface area contributed by atoms with E-state index >= 15 is 0 Å². The second kappa shape index (κ2) is 5.37. The summed E-state index contributed by atoms with van der Waals surface area (Å²) in [5.74, 6) is 0.0527. The van der Waals surface area contributed by atoms with Crippen molar-refractivity contribution < 1.29 is 9.84 Å². The summed E-state index contributed by atoms with van der Waals surface area (Å²) in [4.78, 5) is 2.09. The summed E-state index contributed by atoms with van der Waals surface area (Å²) >= 11 is 0. The lowest BCUT2D eigenvalue weighted by molar-refractivity contribution is 0.0726. The van der Waals surface area contributed by atoms with E-state index in [0.717, 1.165) is 16.8 Å². The second-order valence-electron chi connectivity index (χ2n) is 4.49. The van der Waals surface area contributed by atoms with E-state index in [1.807, 2.05) is 25.1 Å². The van der Waals surface area contributed by atoms with Crippen molar-refractivity contribution in [3.8, 4) is 0 Å². The molecule has 0 radical (unpaired) electrons. The van der Waals surface area contributed by atoms with Gasteiger partial charge in [-0.05, 0) is 18.6 Å². The van der Waals surface area contributed by atoms with E-state index in [4.69, 9.17) is 15.9 Å². The zero-order chi connectivity index (χ0) is 13.1. The molecule has 1 aliphatic rings. The van der Waals surface area contributed by atoms with Crippen LogP contribution in [-0.2, 0) is 4.74 Å². The van der Waals surface area contributed by atoms with Crippen LogP contribution in [-0.4, -0.2) is 43.3 Å². The first kappa shape index (κ1) is 12.9.